The summed E-state index contributed by atoms with van der Waals surface area (Å²) in [7, 11) is 0. The first-order valence-electron chi connectivity index (χ1n) is 8.19. The van der Waals surface area contributed by atoms with Gasteiger partial charge >= 0.3 is 0 Å². The Morgan fingerprint density at radius 2 is 2.04 bits per heavy atom. The Balaban J connectivity index is 1.65. The van der Waals surface area contributed by atoms with Crippen LogP contribution in [0.15, 0.2) is 62.6 Å². The molecule has 1 aliphatic heterocycles. The van der Waals surface area contributed by atoms with E-state index in [1.165, 1.54) is 11.0 Å². The summed E-state index contributed by atoms with van der Waals surface area (Å²) in [5.74, 6) is 0.645. The minimum Gasteiger partial charge on any atom is -0.451 e. The van der Waals surface area contributed by atoms with Gasteiger partial charge in [0.1, 0.15) is 5.58 Å². The Kier molecular flexibility index (Phi) is 4.09. The van der Waals surface area contributed by atoms with Crippen molar-refractivity contribution >= 4 is 28.6 Å². The monoisotopic (exact) mass is 351 g/mol. The normalized spacial score (nSPS) is 16.4. The highest BCUT2D eigenvalue weighted by atomic mass is 32.2. The Morgan fingerprint density at radius 3 is 2.92 bits per heavy atom. The Bertz CT molecular complexity index is 1020. The van der Waals surface area contributed by atoms with Gasteiger partial charge in [-0.15, -0.1) is 11.8 Å². The molecule has 0 fully saturated rings. The van der Waals surface area contributed by atoms with Crippen LogP contribution in [0.25, 0.3) is 11.0 Å². The zero-order chi connectivity index (χ0) is 17.4. The summed E-state index contributed by atoms with van der Waals surface area (Å²) < 4.78 is 5.67. The molecule has 126 valence electrons. The van der Waals surface area contributed by atoms with Crippen LogP contribution in [0.1, 0.15) is 34.1 Å². The molecule has 1 amide bonds. The molecule has 3 aromatic rings. The first-order valence-corrected chi connectivity index (χ1v) is 9.17. The number of carbonyl (C=O) groups excluding carboxylic acids is 1. The van der Waals surface area contributed by atoms with Gasteiger partial charge in [0.15, 0.2) is 11.2 Å². The highest BCUT2D eigenvalue weighted by Crippen LogP contribution is 2.35. The highest BCUT2D eigenvalue weighted by Gasteiger charge is 2.23. The van der Waals surface area contributed by atoms with E-state index >= 15 is 0 Å². The van der Waals surface area contributed by atoms with Crippen LogP contribution < -0.4 is 10.7 Å². The summed E-state index contributed by atoms with van der Waals surface area (Å²) in [4.78, 5) is 26.1. The number of amides is 1. The lowest BCUT2D eigenvalue weighted by atomic mass is 10.0. The van der Waals surface area contributed by atoms with Crippen LogP contribution in [0.2, 0.25) is 0 Å². The van der Waals surface area contributed by atoms with Crippen LogP contribution in [0, 0.1) is 6.92 Å². The molecule has 0 saturated carbocycles. The summed E-state index contributed by atoms with van der Waals surface area (Å²) >= 11 is 1.80. The SMILES string of the molecule is Cc1ccc2oc(C(=O)NC3CCSc4ccccc43)cc(=O)c2c1. The fourth-order valence-corrected chi connectivity index (χ4v) is 4.23. The third-order valence-corrected chi connectivity index (χ3v) is 5.49. The number of nitrogens with one attached hydrogen (secondary N) is 1. The van der Waals surface area contributed by atoms with Crippen LogP contribution in [0.4, 0.5) is 0 Å². The van der Waals surface area contributed by atoms with E-state index in [0.29, 0.717) is 11.0 Å². The van der Waals surface area contributed by atoms with Gasteiger partial charge in [0.05, 0.1) is 11.4 Å². The van der Waals surface area contributed by atoms with Gasteiger partial charge in [-0.3, -0.25) is 9.59 Å². The second kappa shape index (κ2) is 6.41. The molecule has 1 atom stereocenters. The predicted molar refractivity (Wildman–Crippen MR) is 99.2 cm³/mol. The van der Waals surface area contributed by atoms with Gasteiger partial charge in [0.25, 0.3) is 5.91 Å². The smallest absolute Gasteiger partial charge is 0.287 e. The van der Waals surface area contributed by atoms with Crippen LogP contribution in [0.5, 0.6) is 0 Å². The maximum absolute atomic E-state index is 12.6. The quantitative estimate of drug-likeness (QED) is 0.756. The van der Waals surface area contributed by atoms with Crippen molar-refractivity contribution in [1.82, 2.24) is 5.32 Å². The van der Waals surface area contributed by atoms with Crippen molar-refractivity contribution in [3.63, 3.8) is 0 Å². The van der Waals surface area contributed by atoms with E-state index in [0.717, 1.165) is 23.3 Å². The number of thioether (sulfide) groups is 1. The van der Waals surface area contributed by atoms with E-state index in [-0.39, 0.29) is 23.1 Å². The molecule has 1 N–H and O–H groups in total. The largest absolute Gasteiger partial charge is 0.451 e. The third-order valence-electron chi connectivity index (χ3n) is 4.37. The van der Waals surface area contributed by atoms with Crippen molar-refractivity contribution in [3.8, 4) is 0 Å². The van der Waals surface area contributed by atoms with Crippen molar-refractivity contribution < 1.29 is 9.21 Å². The molecule has 0 bridgehead atoms. The topological polar surface area (TPSA) is 59.3 Å². The van der Waals surface area contributed by atoms with E-state index in [1.807, 2.05) is 31.2 Å². The van der Waals surface area contributed by atoms with Gasteiger partial charge in [0.2, 0.25) is 0 Å². The van der Waals surface area contributed by atoms with Gasteiger partial charge in [-0.2, -0.15) is 0 Å². The Morgan fingerprint density at radius 1 is 1.20 bits per heavy atom. The van der Waals surface area contributed by atoms with Gasteiger partial charge in [-0.1, -0.05) is 29.8 Å². The first-order chi connectivity index (χ1) is 12.1. The van der Waals surface area contributed by atoms with Gasteiger partial charge < -0.3 is 9.73 Å². The molecule has 25 heavy (non-hydrogen) atoms. The van der Waals surface area contributed by atoms with E-state index in [2.05, 4.69) is 11.4 Å². The lowest BCUT2D eigenvalue weighted by molar-refractivity contribution is 0.0907. The minimum absolute atomic E-state index is 0.0528. The highest BCUT2D eigenvalue weighted by molar-refractivity contribution is 7.99. The van der Waals surface area contributed by atoms with Crippen LogP contribution >= 0.6 is 11.8 Å². The lowest BCUT2D eigenvalue weighted by Gasteiger charge is -2.25. The molecular weight excluding hydrogens is 334 g/mol. The second-order valence-corrected chi connectivity index (χ2v) is 7.31. The van der Waals surface area contributed by atoms with Crippen molar-refractivity contribution in [2.75, 3.05) is 5.75 Å². The van der Waals surface area contributed by atoms with Crippen molar-refractivity contribution in [2.24, 2.45) is 0 Å². The number of hydrogen-bond acceptors (Lipinski definition) is 4. The molecule has 4 rings (SSSR count). The number of rotatable bonds is 2. The molecule has 1 unspecified atom stereocenters. The number of aryl methyl sites for hydroxylation is 1. The molecule has 0 aliphatic carbocycles. The molecule has 1 aromatic heterocycles. The zero-order valence-corrected chi connectivity index (χ0v) is 14.6. The summed E-state index contributed by atoms with van der Waals surface area (Å²) in [6, 6.07) is 14.7. The van der Waals surface area contributed by atoms with Gasteiger partial charge in [0, 0.05) is 16.7 Å². The van der Waals surface area contributed by atoms with Crippen molar-refractivity contribution in [2.45, 2.75) is 24.3 Å². The Labute approximate surface area is 149 Å². The maximum Gasteiger partial charge on any atom is 0.287 e. The molecule has 0 radical (unpaired) electrons. The molecule has 2 aromatic carbocycles. The molecule has 4 nitrogen and oxygen atoms in total. The third kappa shape index (κ3) is 3.07. The first kappa shape index (κ1) is 16.0. The number of benzene rings is 2. The lowest BCUT2D eigenvalue weighted by Crippen LogP contribution is -2.31. The van der Waals surface area contributed by atoms with Gasteiger partial charge in [-0.05, 0) is 37.1 Å². The fraction of sp³-hybridized carbons (Fsp3) is 0.200. The number of carbonyl (C=O) groups is 1. The fourth-order valence-electron chi connectivity index (χ4n) is 3.10. The summed E-state index contributed by atoms with van der Waals surface area (Å²) in [5, 5.41) is 3.51. The average Bonchev–Trinajstić information content (AvgIpc) is 2.62. The van der Waals surface area contributed by atoms with E-state index in [1.54, 1.807) is 23.9 Å². The summed E-state index contributed by atoms with van der Waals surface area (Å²) in [6.07, 6.45) is 0.852. The number of fused-ring (bicyclic) bond motifs is 2. The molecule has 0 spiro atoms. The summed E-state index contributed by atoms with van der Waals surface area (Å²) in [6.45, 7) is 1.91. The summed E-state index contributed by atoms with van der Waals surface area (Å²) in [5.41, 5.74) is 2.33. The molecule has 2 heterocycles. The van der Waals surface area contributed by atoms with E-state index < -0.39 is 0 Å². The van der Waals surface area contributed by atoms with Crippen LogP contribution in [-0.2, 0) is 0 Å². The molecule has 5 heteroatoms. The standard InChI is InChI=1S/C20H17NO3S/c1-12-6-7-17-14(10-12)16(22)11-18(24-17)20(23)21-15-8-9-25-19-5-3-2-4-13(15)19/h2-7,10-11,15H,8-9H2,1H3,(H,21,23). The van der Waals surface area contributed by atoms with Gasteiger partial charge in [-0.25, -0.2) is 0 Å². The second-order valence-electron chi connectivity index (χ2n) is 6.18. The number of hydrogen-bond donors (Lipinski definition) is 1. The molecule has 1 aliphatic rings. The maximum atomic E-state index is 12.6. The molecular formula is C20H17NO3S. The average molecular weight is 351 g/mol. The zero-order valence-electron chi connectivity index (χ0n) is 13.7. The Hall–Kier alpha value is -2.53. The van der Waals surface area contributed by atoms with Crippen LogP contribution in [-0.4, -0.2) is 11.7 Å². The molecule has 0 saturated heterocycles. The van der Waals surface area contributed by atoms with Crippen LogP contribution in [0.3, 0.4) is 0 Å². The van der Waals surface area contributed by atoms with E-state index in [9.17, 15) is 9.59 Å². The van der Waals surface area contributed by atoms with Crippen molar-refractivity contribution in [1.29, 1.82) is 0 Å². The minimum atomic E-state index is -0.355. The van der Waals surface area contributed by atoms with Crippen molar-refractivity contribution in [3.05, 3.63) is 75.6 Å². The van der Waals surface area contributed by atoms with E-state index in [4.69, 9.17) is 4.42 Å². The predicted octanol–water partition coefficient (Wildman–Crippen LogP) is 4.07.